The maximum absolute atomic E-state index is 12.1. The van der Waals surface area contributed by atoms with Crippen LogP contribution < -0.4 is 10.1 Å². The molecule has 0 aliphatic carbocycles. The predicted molar refractivity (Wildman–Crippen MR) is 75.6 cm³/mol. The van der Waals surface area contributed by atoms with Crippen LogP contribution in [-0.4, -0.2) is 30.5 Å². The van der Waals surface area contributed by atoms with Crippen molar-refractivity contribution in [3.8, 4) is 5.75 Å². The number of benzene rings is 1. The van der Waals surface area contributed by atoms with Gasteiger partial charge in [0, 0.05) is 6.54 Å². The number of aliphatic hydroxyl groups is 1. The SMILES string of the molecule is CC(C)CNCc1ccc(OCC(O)C(F)(F)F)c(Cl)c1. The third-order valence-electron chi connectivity index (χ3n) is 2.65. The molecule has 1 unspecified atom stereocenters. The van der Waals surface area contributed by atoms with Gasteiger partial charge in [-0.3, -0.25) is 0 Å². The molecule has 0 aromatic heterocycles. The van der Waals surface area contributed by atoms with E-state index in [9.17, 15) is 13.2 Å². The fourth-order valence-corrected chi connectivity index (χ4v) is 1.80. The monoisotopic (exact) mass is 325 g/mol. The van der Waals surface area contributed by atoms with Crippen molar-refractivity contribution in [3.63, 3.8) is 0 Å². The van der Waals surface area contributed by atoms with Crippen molar-refractivity contribution in [2.45, 2.75) is 32.7 Å². The zero-order valence-corrected chi connectivity index (χ0v) is 12.6. The molecule has 1 aromatic rings. The number of hydrogen-bond donors (Lipinski definition) is 2. The topological polar surface area (TPSA) is 41.5 Å². The lowest BCUT2D eigenvalue weighted by molar-refractivity contribution is -0.210. The van der Waals surface area contributed by atoms with Crippen LogP contribution in [0.5, 0.6) is 5.75 Å². The summed E-state index contributed by atoms with van der Waals surface area (Å²) in [6.07, 6.45) is -7.23. The van der Waals surface area contributed by atoms with Crippen LogP contribution in [0.4, 0.5) is 13.2 Å². The summed E-state index contributed by atoms with van der Waals surface area (Å²) in [5.41, 5.74) is 0.907. The Hall–Kier alpha value is -0.980. The quantitative estimate of drug-likeness (QED) is 0.807. The lowest BCUT2D eigenvalue weighted by Gasteiger charge is -2.16. The van der Waals surface area contributed by atoms with Gasteiger partial charge in [-0.1, -0.05) is 31.5 Å². The number of rotatable bonds is 7. The van der Waals surface area contributed by atoms with E-state index in [1.807, 2.05) is 0 Å². The van der Waals surface area contributed by atoms with E-state index >= 15 is 0 Å². The average molecular weight is 326 g/mol. The van der Waals surface area contributed by atoms with Gasteiger partial charge in [-0.15, -0.1) is 0 Å². The summed E-state index contributed by atoms with van der Waals surface area (Å²) in [5, 5.41) is 12.3. The van der Waals surface area contributed by atoms with Gasteiger partial charge in [-0.05, 0) is 30.2 Å². The van der Waals surface area contributed by atoms with Crippen LogP contribution in [0.15, 0.2) is 18.2 Å². The van der Waals surface area contributed by atoms with Crippen molar-refractivity contribution >= 4 is 11.6 Å². The highest BCUT2D eigenvalue weighted by molar-refractivity contribution is 6.32. The van der Waals surface area contributed by atoms with Gasteiger partial charge in [0.15, 0.2) is 6.10 Å². The highest BCUT2D eigenvalue weighted by Gasteiger charge is 2.38. The number of hydrogen-bond acceptors (Lipinski definition) is 3. The van der Waals surface area contributed by atoms with Gasteiger partial charge in [-0.2, -0.15) is 13.2 Å². The molecule has 0 aliphatic rings. The first-order chi connectivity index (χ1) is 9.70. The molecule has 0 saturated heterocycles. The smallest absolute Gasteiger partial charge is 0.417 e. The Morgan fingerprint density at radius 3 is 2.52 bits per heavy atom. The average Bonchev–Trinajstić information content (AvgIpc) is 2.35. The van der Waals surface area contributed by atoms with E-state index in [0.29, 0.717) is 12.5 Å². The Labute approximate surface area is 127 Å². The van der Waals surface area contributed by atoms with Crippen LogP contribution in [0.25, 0.3) is 0 Å². The summed E-state index contributed by atoms with van der Waals surface area (Å²) in [5.74, 6) is 0.638. The molecule has 0 spiro atoms. The summed E-state index contributed by atoms with van der Waals surface area (Å²) in [6.45, 7) is 4.76. The van der Waals surface area contributed by atoms with Crippen molar-refractivity contribution < 1.29 is 23.0 Å². The number of halogens is 4. The third kappa shape index (κ3) is 6.54. The van der Waals surface area contributed by atoms with Crippen molar-refractivity contribution in [2.24, 2.45) is 5.92 Å². The molecule has 1 aromatic carbocycles. The van der Waals surface area contributed by atoms with Crippen LogP contribution in [0.2, 0.25) is 5.02 Å². The molecular weight excluding hydrogens is 307 g/mol. The highest BCUT2D eigenvalue weighted by Crippen LogP contribution is 2.27. The lowest BCUT2D eigenvalue weighted by atomic mass is 10.2. The fourth-order valence-electron chi connectivity index (χ4n) is 1.54. The van der Waals surface area contributed by atoms with Crippen LogP contribution in [0, 0.1) is 5.92 Å². The van der Waals surface area contributed by atoms with E-state index in [-0.39, 0.29) is 10.8 Å². The second-order valence-corrected chi connectivity index (χ2v) is 5.57. The fraction of sp³-hybridized carbons (Fsp3) is 0.571. The normalized spacial score (nSPS) is 13.5. The van der Waals surface area contributed by atoms with Gasteiger partial charge < -0.3 is 15.2 Å². The molecule has 0 fully saturated rings. The molecule has 0 heterocycles. The molecule has 0 aliphatic heterocycles. The maximum Gasteiger partial charge on any atom is 0.417 e. The Morgan fingerprint density at radius 2 is 2.00 bits per heavy atom. The molecule has 21 heavy (non-hydrogen) atoms. The first kappa shape index (κ1) is 18.1. The molecule has 120 valence electrons. The maximum atomic E-state index is 12.1. The van der Waals surface area contributed by atoms with Gasteiger partial charge >= 0.3 is 6.18 Å². The van der Waals surface area contributed by atoms with E-state index in [4.69, 9.17) is 21.4 Å². The van der Waals surface area contributed by atoms with E-state index in [1.54, 1.807) is 12.1 Å². The number of nitrogens with one attached hydrogen (secondary N) is 1. The van der Waals surface area contributed by atoms with E-state index < -0.39 is 18.9 Å². The van der Waals surface area contributed by atoms with Gasteiger partial charge in [-0.25, -0.2) is 0 Å². The molecule has 3 nitrogen and oxygen atoms in total. The minimum atomic E-state index is -4.70. The standard InChI is InChI=1S/C14H19ClF3NO2/c1-9(2)6-19-7-10-3-4-12(11(15)5-10)21-8-13(20)14(16,17)18/h3-5,9,13,19-20H,6-8H2,1-2H3. The lowest BCUT2D eigenvalue weighted by Crippen LogP contribution is -2.34. The summed E-state index contributed by atoms with van der Waals surface area (Å²) >= 11 is 5.95. The van der Waals surface area contributed by atoms with Gasteiger partial charge in [0.05, 0.1) is 5.02 Å². The summed E-state index contributed by atoms with van der Waals surface area (Å²) < 4.78 is 41.3. The molecule has 7 heteroatoms. The third-order valence-corrected chi connectivity index (χ3v) is 2.95. The van der Waals surface area contributed by atoms with Crippen LogP contribution in [0.1, 0.15) is 19.4 Å². The molecule has 0 radical (unpaired) electrons. The predicted octanol–water partition coefficient (Wildman–Crippen LogP) is 3.39. The molecule has 0 bridgehead atoms. The van der Waals surface area contributed by atoms with Gasteiger partial charge in [0.1, 0.15) is 12.4 Å². The number of aliphatic hydroxyl groups excluding tert-OH is 1. The molecule has 1 rings (SSSR count). The van der Waals surface area contributed by atoms with Crippen LogP contribution >= 0.6 is 11.6 Å². The molecule has 2 N–H and O–H groups in total. The first-order valence-corrected chi connectivity index (χ1v) is 6.94. The van der Waals surface area contributed by atoms with Crippen LogP contribution in [0.3, 0.4) is 0 Å². The van der Waals surface area contributed by atoms with E-state index in [0.717, 1.165) is 12.1 Å². The largest absolute Gasteiger partial charge is 0.489 e. The zero-order chi connectivity index (χ0) is 16.0. The van der Waals surface area contributed by atoms with Crippen molar-refractivity contribution in [1.82, 2.24) is 5.32 Å². The second kappa shape index (κ2) is 7.87. The van der Waals surface area contributed by atoms with Crippen molar-refractivity contribution in [2.75, 3.05) is 13.2 Å². The second-order valence-electron chi connectivity index (χ2n) is 5.16. The summed E-state index contributed by atoms with van der Waals surface area (Å²) in [6, 6.07) is 4.84. The first-order valence-electron chi connectivity index (χ1n) is 6.57. The Balaban J connectivity index is 2.54. The van der Waals surface area contributed by atoms with E-state index in [1.165, 1.54) is 6.07 Å². The van der Waals surface area contributed by atoms with Gasteiger partial charge in [0.25, 0.3) is 0 Å². The Bertz CT molecular complexity index is 452. The summed E-state index contributed by atoms with van der Waals surface area (Å²) in [7, 11) is 0. The molecule has 1 atom stereocenters. The highest BCUT2D eigenvalue weighted by atomic mass is 35.5. The van der Waals surface area contributed by atoms with Gasteiger partial charge in [0.2, 0.25) is 0 Å². The molecular formula is C14H19ClF3NO2. The van der Waals surface area contributed by atoms with Crippen molar-refractivity contribution in [1.29, 1.82) is 0 Å². The zero-order valence-electron chi connectivity index (χ0n) is 11.9. The summed E-state index contributed by atoms with van der Waals surface area (Å²) in [4.78, 5) is 0. The Morgan fingerprint density at radius 1 is 1.33 bits per heavy atom. The molecule has 0 saturated carbocycles. The minimum Gasteiger partial charge on any atom is -0.489 e. The van der Waals surface area contributed by atoms with E-state index in [2.05, 4.69) is 19.2 Å². The number of alkyl halides is 3. The Kier molecular flexibility index (Phi) is 6.77. The van der Waals surface area contributed by atoms with Crippen molar-refractivity contribution in [3.05, 3.63) is 28.8 Å². The minimum absolute atomic E-state index is 0.118. The van der Waals surface area contributed by atoms with Crippen LogP contribution in [-0.2, 0) is 6.54 Å². The number of ether oxygens (including phenoxy) is 1. The molecule has 0 amide bonds.